The van der Waals surface area contributed by atoms with Crippen molar-refractivity contribution in [3.05, 3.63) is 0 Å². The molecule has 0 unspecified atom stereocenters. The van der Waals surface area contributed by atoms with Gasteiger partial charge in [-0.05, 0) is 37.5 Å². The summed E-state index contributed by atoms with van der Waals surface area (Å²) in [6.45, 7) is 6.05. The number of ether oxygens (including phenoxy) is 1. The molecule has 16 heavy (non-hydrogen) atoms. The maximum Gasteiger partial charge on any atom is 0.305 e. The lowest BCUT2D eigenvalue weighted by Gasteiger charge is -2.29. The molecule has 2 atom stereocenters. The topological polar surface area (TPSA) is 43.4 Å². The average Bonchev–Trinajstić information content (AvgIpc) is 2.50. The predicted octanol–water partition coefficient (Wildman–Crippen LogP) is 2.58. The number of methoxy groups -OCH3 is 1. The van der Waals surface area contributed by atoms with Crippen molar-refractivity contribution in [2.45, 2.75) is 46.5 Å². The van der Waals surface area contributed by atoms with Crippen molar-refractivity contribution < 1.29 is 14.3 Å². The summed E-state index contributed by atoms with van der Waals surface area (Å²) >= 11 is 0. The molecule has 0 spiro atoms. The number of rotatable bonds is 4. The van der Waals surface area contributed by atoms with Gasteiger partial charge in [0.2, 0.25) is 0 Å². The van der Waals surface area contributed by atoms with Gasteiger partial charge in [0.25, 0.3) is 0 Å². The molecule has 0 bridgehead atoms. The summed E-state index contributed by atoms with van der Waals surface area (Å²) in [7, 11) is 1.41. The number of carbonyl (C=O) groups is 2. The molecule has 1 rings (SSSR count). The summed E-state index contributed by atoms with van der Waals surface area (Å²) < 4.78 is 4.65. The van der Waals surface area contributed by atoms with Gasteiger partial charge in [0.1, 0.15) is 5.78 Å². The van der Waals surface area contributed by atoms with Crippen molar-refractivity contribution in [3.8, 4) is 0 Å². The van der Waals surface area contributed by atoms with Crippen LogP contribution < -0.4 is 0 Å². The molecule has 0 radical (unpaired) electrons. The summed E-state index contributed by atoms with van der Waals surface area (Å²) in [5, 5.41) is 0. The summed E-state index contributed by atoms with van der Waals surface area (Å²) in [5.74, 6) is 0.550. The van der Waals surface area contributed by atoms with Crippen LogP contribution in [0.5, 0.6) is 0 Å². The second-order valence-electron chi connectivity index (χ2n) is 5.47. The van der Waals surface area contributed by atoms with Crippen molar-refractivity contribution in [3.63, 3.8) is 0 Å². The quantitative estimate of drug-likeness (QED) is 0.692. The van der Waals surface area contributed by atoms with E-state index in [0.29, 0.717) is 12.3 Å². The summed E-state index contributed by atoms with van der Waals surface area (Å²) in [5.41, 5.74) is 0.171. The zero-order chi connectivity index (χ0) is 12.3. The van der Waals surface area contributed by atoms with Gasteiger partial charge < -0.3 is 4.74 Å². The van der Waals surface area contributed by atoms with Gasteiger partial charge >= 0.3 is 5.97 Å². The molecule has 1 saturated carbocycles. The third kappa shape index (κ3) is 2.83. The van der Waals surface area contributed by atoms with Crippen molar-refractivity contribution in [1.29, 1.82) is 0 Å². The van der Waals surface area contributed by atoms with E-state index in [4.69, 9.17) is 0 Å². The van der Waals surface area contributed by atoms with Crippen LogP contribution in [0.15, 0.2) is 0 Å². The Morgan fingerprint density at radius 2 is 2.00 bits per heavy atom. The standard InChI is InChI=1S/C13H22O3/c1-9(14)10-7-8-13(2,3)11(10)5-6-12(15)16-4/h10-11H,5-8H2,1-4H3/t10-,11+/m1/s1. The number of carbonyl (C=O) groups excluding carboxylic acids is 2. The van der Waals surface area contributed by atoms with Crippen LogP contribution in [0.2, 0.25) is 0 Å². The first kappa shape index (κ1) is 13.2. The molecule has 1 aliphatic carbocycles. The molecule has 0 saturated heterocycles. The second-order valence-corrected chi connectivity index (χ2v) is 5.47. The Morgan fingerprint density at radius 3 is 2.50 bits per heavy atom. The molecule has 0 heterocycles. The third-order valence-electron chi connectivity index (χ3n) is 4.00. The molecular weight excluding hydrogens is 204 g/mol. The van der Waals surface area contributed by atoms with E-state index < -0.39 is 0 Å². The zero-order valence-electron chi connectivity index (χ0n) is 10.7. The van der Waals surface area contributed by atoms with E-state index in [9.17, 15) is 9.59 Å². The number of ketones is 1. The van der Waals surface area contributed by atoms with Gasteiger partial charge in [0.05, 0.1) is 7.11 Å². The first-order valence-electron chi connectivity index (χ1n) is 5.95. The van der Waals surface area contributed by atoms with E-state index in [1.807, 2.05) is 0 Å². The highest BCUT2D eigenvalue weighted by Gasteiger charge is 2.43. The lowest BCUT2D eigenvalue weighted by molar-refractivity contribution is -0.141. The van der Waals surface area contributed by atoms with E-state index in [0.717, 1.165) is 19.3 Å². The van der Waals surface area contributed by atoms with Crippen LogP contribution in [0.25, 0.3) is 0 Å². The van der Waals surface area contributed by atoms with Crippen LogP contribution in [-0.2, 0) is 14.3 Å². The van der Waals surface area contributed by atoms with Gasteiger partial charge in [-0.15, -0.1) is 0 Å². The van der Waals surface area contributed by atoms with Crippen LogP contribution in [0.3, 0.4) is 0 Å². The highest BCUT2D eigenvalue weighted by atomic mass is 16.5. The van der Waals surface area contributed by atoms with Crippen LogP contribution >= 0.6 is 0 Å². The van der Waals surface area contributed by atoms with Crippen LogP contribution in [0.4, 0.5) is 0 Å². The van der Waals surface area contributed by atoms with Gasteiger partial charge in [-0.25, -0.2) is 0 Å². The third-order valence-corrected chi connectivity index (χ3v) is 4.00. The minimum atomic E-state index is -0.176. The van der Waals surface area contributed by atoms with Gasteiger partial charge in [-0.2, -0.15) is 0 Å². The summed E-state index contributed by atoms with van der Waals surface area (Å²) in [4.78, 5) is 22.7. The van der Waals surface area contributed by atoms with Crippen LogP contribution in [0, 0.1) is 17.3 Å². The maximum absolute atomic E-state index is 11.5. The van der Waals surface area contributed by atoms with E-state index in [2.05, 4.69) is 18.6 Å². The Bertz CT molecular complexity index is 281. The van der Waals surface area contributed by atoms with Crippen LogP contribution in [-0.4, -0.2) is 18.9 Å². The van der Waals surface area contributed by atoms with E-state index in [1.54, 1.807) is 6.92 Å². The number of hydrogen-bond donors (Lipinski definition) is 0. The molecule has 92 valence electrons. The molecule has 1 aliphatic rings. The monoisotopic (exact) mass is 226 g/mol. The number of hydrogen-bond acceptors (Lipinski definition) is 3. The fourth-order valence-corrected chi connectivity index (χ4v) is 2.91. The SMILES string of the molecule is COC(=O)CC[C@H]1[C@@H](C(C)=O)CCC1(C)C. The van der Waals surface area contributed by atoms with E-state index in [-0.39, 0.29) is 23.1 Å². The van der Waals surface area contributed by atoms with Gasteiger partial charge in [-0.3, -0.25) is 9.59 Å². The Balaban J connectivity index is 2.64. The summed E-state index contributed by atoms with van der Waals surface area (Å²) in [6, 6.07) is 0. The zero-order valence-corrected chi connectivity index (χ0v) is 10.7. The Morgan fingerprint density at radius 1 is 1.38 bits per heavy atom. The normalized spacial score (nSPS) is 27.8. The molecule has 0 aromatic carbocycles. The maximum atomic E-state index is 11.5. The minimum absolute atomic E-state index is 0.139. The highest BCUT2D eigenvalue weighted by Crippen LogP contribution is 2.48. The molecule has 1 fully saturated rings. The van der Waals surface area contributed by atoms with Crippen molar-refractivity contribution in [2.24, 2.45) is 17.3 Å². The van der Waals surface area contributed by atoms with E-state index >= 15 is 0 Å². The van der Waals surface area contributed by atoms with Gasteiger partial charge in [-0.1, -0.05) is 13.8 Å². The molecule has 0 N–H and O–H groups in total. The first-order valence-corrected chi connectivity index (χ1v) is 5.95. The van der Waals surface area contributed by atoms with Gasteiger partial charge in [0, 0.05) is 12.3 Å². The van der Waals surface area contributed by atoms with Crippen molar-refractivity contribution in [1.82, 2.24) is 0 Å². The fraction of sp³-hybridized carbons (Fsp3) is 0.846. The Labute approximate surface area is 97.5 Å². The minimum Gasteiger partial charge on any atom is -0.469 e. The molecule has 3 nitrogen and oxygen atoms in total. The van der Waals surface area contributed by atoms with E-state index in [1.165, 1.54) is 7.11 Å². The molecule has 0 aromatic rings. The molecule has 3 heteroatoms. The lowest BCUT2D eigenvalue weighted by atomic mass is 9.75. The van der Waals surface area contributed by atoms with Gasteiger partial charge in [0.15, 0.2) is 0 Å². The number of Topliss-reactive ketones (excluding diaryl/α,β-unsaturated/α-hetero) is 1. The largest absolute Gasteiger partial charge is 0.469 e. The predicted molar refractivity (Wildman–Crippen MR) is 61.9 cm³/mol. The molecule has 0 aliphatic heterocycles. The molecule has 0 aromatic heterocycles. The van der Waals surface area contributed by atoms with Crippen molar-refractivity contribution in [2.75, 3.05) is 7.11 Å². The highest BCUT2D eigenvalue weighted by molar-refractivity contribution is 5.79. The molecular formula is C13H22O3. The fourth-order valence-electron chi connectivity index (χ4n) is 2.91. The van der Waals surface area contributed by atoms with Crippen LogP contribution in [0.1, 0.15) is 46.5 Å². The Hall–Kier alpha value is -0.860. The smallest absolute Gasteiger partial charge is 0.305 e. The second kappa shape index (κ2) is 4.98. The summed E-state index contributed by atoms with van der Waals surface area (Å²) in [6.07, 6.45) is 3.23. The first-order chi connectivity index (χ1) is 7.38. The molecule has 0 amide bonds. The van der Waals surface area contributed by atoms with Crippen molar-refractivity contribution >= 4 is 11.8 Å². The Kier molecular flexibility index (Phi) is 4.11. The lowest BCUT2D eigenvalue weighted by Crippen LogP contribution is -2.26. The number of esters is 1. The average molecular weight is 226 g/mol.